The Labute approximate surface area is 66.7 Å². The lowest BCUT2D eigenvalue weighted by atomic mass is 10.3. The van der Waals surface area contributed by atoms with Crippen molar-refractivity contribution in [2.24, 2.45) is 0 Å². The van der Waals surface area contributed by atoms with Crippen LogP contribution in [0, 0.1) is 5.39 Å². The van der Waals surface area contributed by atoms with Crippen molar-refractivity contribution >= 4 is 5.69 Å². The molecule has 1 N–H and O–H groups in total. The van der Waals surface area contributed by atoms with E-state index in [2.05, 4.69) is 10.3 Å². The fourth-order valence-electron chi connectivity index (χ4n) is 0.495. The topological polar surface area (TPSA) is 40.2 Å². The summed E-state index contributed by atoms with van der Waals surface area (Å²) in [4.78, 5) is 2.97. The van der Waals surface area contributed by atoms with E-state index in [9.17, 15) is 0 Å². The summed E-state index contributed by atoms with van der Waals surface area (Å²) in [7, 11) is 3.75. The summed E-state index contributed by atoms with van der Waals surface area (Å²) in [5.41, 5.74) is 0.590. The van der Waals surface area contributed by atoms with Gasteiger partial charge in [-0.3, -0.25) is 0 Å². The molecule has 3 nitrogen and oxygen atoms in total. The Morgan fingerprint density at radius 2 is 1.64 bits per heavy atom. The van der Waals surface area contributed by atoms with Crippen LogP contribution in [0.15, 0.2) is 30.3 Å². The Bertz CT molecular complexity index is 213. The maximum absolute atomic E-state index is 8.16. The highest BCUT2D eigenvalue weighted by Crippen LogP contribution is 2.07. The van der Waals surface area contributed by atoms with Gasteiger partial charge in [-0.1, -0.05) is 18.2 Å². The van der Waals surface area contributed by atoms with Crippen molar-refractivity contribution in [3.8, 4) is 0 Å². The van der Waals surface area contributed by atoms with Crippen LogP contribution in [0.4, 0.5) is 5.69 Å². The average molecular weight is 150 g/mol. The van der Waals surface area contributed by atoms with Gasteiger partial charge in [0.2, 0.25) is 5.39 Å². The van der Waals surface area contributed by atoms with Gasteiger partial charge in [-0.2, -0.15) is 0 Å². The predicted octanol–water partition coefficient (Wildman–Crippen LogP) is 2.01. The molecule has 3 heteroatoms. The Kier molecular flexibility index (Phi) is 5.86. The average Bonchev–Trinajstić information content (AvgIpc) is 2.08. The van der Waals surface area contributed by atoms with Crippen LogP contribution in [-0.4, -0.2) is 14.1 Å². The van der Waals surface area contributed by atoms with Crippen LogP contribution in [0.3, 0.4) is 0 Å². The quantitative estimate of drug-likeness (QED) is 0.574. The molecule has 1 rings (SSSR count). The normalized spacial score (nSPS) is 7.36. The first-order chi connectivity index (χ1) is 5.35. The zero-order chi connectivity index (χ0) is 8.53. The van der Waals surface area contributed by atoms with E-state index >= 15 is 0 Å². The molecular weight excluding hydrogens is 138 g/mol. The van der Waals surface area contributed by atoms with Crippen LogP contribution in [-0.2, 0) is 0 Å². The minimum atomic E-state index is 0.590. The van der Waals surface area contributed by atoms with Crippen molar-refractivity contribution in [1.82, 2.24) is 5.32 Å². The molecule has 0 radical (unpaired) electrons. The second-order valence-electron chi connectivity index (χ2n) is 1.94. The molecule has 1 aromatic rings. The Balaban J connectivity index is 0.000000292. The molecule has 0 aliphatic carbocycles. The lowest BCUT2D eigenvalue weighted by Crippen LogP contribution is -1.89. The zero-order valence-electron chi connectivity index (χ0n) is 6.78. The van der Waals surface area contributed by atoms with E-state index in [1.807, 2.05) is 32.3 Å². The fraction of sp³-hybridized carbons (Fsp3) is 0.250. The lowest BCUT2D eigenvalue weighted by molar-refractivity contribution is 1.02. The maximum Gasteiger partial charge on any atom is 0.385 e. The van der Waals surface area contributed by atoms with E-state index in [-0.39, 0.29) is 0 Å². The summed E-state index contributed by atoms with van der Waals surface area (Å²) in [6.45, 7) is 0. The standard InChI is InChI=1S/C6H5N2.C2H7N/c7-8-6-4-2-1-3-5-6;1-3-2/h1-5H;3H,1-2H3/q+1;. The molecule has 0 atom stereocenters. The minimum absolute atomic E-state index is 0.590. The van der Waals surface area contributed by atoms with Gasteiger partial charge in [0.1, 0.15) is 0 Å². The highest BCUT2D eigenvalue weighted by molar-refractivity contribution is 5.42. The van der Waals surface area contributed by atoms with Gasteiger partial charge in [-0.05, 0) is 14.1 Å². The molecule has 0 bridgehead atoms. The van der Waals surface area contributed by atoms with Gasteiger partial charge >= 0.3 is 5.69 Å². The van der Waals surface area contributed by atoms with E-state index < -0.39 is 0 Å². The van der Waals surface area contributed by atoms with Gasteiger partial charge in [0.15, 0.2) is 4.98 Å². The summed E-state index contributed by atoms with van der Waals surface area (Å²) in [6.07, 6.45) is 0. The third-order valence-electron chi connectivity index (χ3n) is 0.872. The molecule has 0 aliphatic heterocycles. The molecule has 0 spiro atoms. The summed E-state index contributed by atoms with van der Waals surface area (Å²) in [6, 6.07) is 8.94. The van der Waals surface area contributed by atoms with E-state index in [0.29, 0.717) is 5.69 Å². The molecule has 0 amide bonds. The van der Waals surface area contributed by atoms with Gasteiger partial charge in [0, 0.05) is 12.1 Å². The van der Waals surface area contributed by atoms with Crippen molar-refractivity contribution in [2.45, 2.75) is 0 Å². The predicted molar refractivity (Wildman–Crippen MR) is 46.2 cm³/mol. The zero-order valence-corrected chi connectivity index (χ0v) is 6.78. The number of hydrogen-bond acceptors (Lipinski definition) is 2. The van der Waals surface area contributed by atoms with Gasteiger partial charge in [-0.25, -0.2) is 0 Å². The van der Waals surface area contributed by atoms with Crippen molar-refractivity contribution in [3.05, 3.63) is 35.3 Å². The first kappa shape index (κ1) is 9.60. The minimum Gasteiger partial charge on any atom is -0.323 e. The second-order valence-corrected chi connectivity index (χ2v) is 1.94. The van der Waals surface area contributed by atoms with Crippen LogP contribution < -0.4 is 5.32 Å². The first-order valence-electron chi connectivity index (χ1n) is 3.33. The van der Waals surface area contributed by atoms with E-state index in [1.54, 1.807) is 12.1 Å². The van der Waals surface area contributed by atoms with E-state index in [1.165, 1.54) is 0 Å². The van der Waals surface area contributed by atoms with E-state index in [4.69, 9.17) is 5.39 Å². The van der Waals surface area contributed by atoms with Crippen molar-refractivity contribution in [1.29, 1.82) is 5.39 Å². The Hall–Kier alpha value is -1.40. The third kappa shape index (κ3) is 5.07. The van der Waals surface area contributed by atoms with Gasteiger partial charge < -0.3 is 5.32 Å². The van der Waals surface area contributed by atoms with Crippen molar-refractivity contribution in [3.63, 3.8) is 0 Å². The van der Waals surface area contributed by atoms with Crippen molar-refractivity contribution in [2.75, 3.05) is 14.1 Å². The largest absolute Gasteiger partial charge is 0.385 e. The van der Waals surface area contributed by atoms with Crippen LogP contribution >= 0.6 is 0 Å². The molecule has 0 heterocycles. The van der Waals surface area contributed by atoms with Crippen LogP contribution in [0.25, 0.3) is 4.98 Å². The van der Waals surface area contributed by atoms with Crippen LogP contribution in [0.1, 0.15) is 0 Å². The number of nitrogens with one attached hydrogen (secondary N) is 1. The molecular formula is C8H12N3+. The summed E-state index contributed by atoms with van der Waals surface area (Å²) < 4.78 is 0. The number of nitrogens with zero attached hydrogens (tertiary/aromatic N) is 2. The van der Waals surface area contributed by atoms with Crippen LogP contribution in [0.2, 0.25) is 0 Å². The molecule has 0 saturated heterocycles. The summed E-state index contributed by atoms with van der Waals surface area (Å²) in [5.74, 6) is 0. The first-order valence-corrected chi connectivity index (χ1v) is 3.33. The lowest BCUT2D eigenvalue weighted by Gasteiger charge is -1.69. The number of rotatable bonds is 0. The Morgan fingerprint density at radius 1 is 1.18 bits per heavy atom. The molecule has 0 saturated carbocycles. The second kappa shape index (κ2) is 6.72. The monoisotopic (exact) mass is 150 g/mol. The summed E-state index contributed by atoms with van der Waals surface area (Å²) in [5, 5.41) is 10.9. The Morgan fingerprint density at radius 3 is 1.91 bits per heavy atom. The third-order valence-corrected chi connectivity index (χ3v) is 0.872. The SMILES string of the molecule is CNC.N#[N+]c1ccccc1. The maximum atomic E-state index is 8.16. The number of diazo groups is 1. The van der Waals surface area contributed by atoms with Gasteiger partial charge in [-0.15, -0.1) is 0 Å². The summed E-state index contributed by atoms with van der Waals surface area (Å²) >= 11 is 0. The van der Waals surface area contributed by atoms with E-state index in [0.717, 1.165) is 0 Å². The molecule has 0 fully saturated rings. The molecule has 0 unspecified atom stereocenters. The highest BCUT2D eigenvalue weighted by atomic mass is 14.8. The number of benzene rings is 1. The highest BCUT2D eigenvalue weighted by Gasteiger charge is 1.95. The molecule has 1 aromatic carbocycles. The van der Waals surface area contributed by atoms with Crippen LogP contribution in [0.5, 0.6) is 0 Å². The van der Waals surface area contributed by atoms with Crippen molar-refractivity contribution < 1.29 is 0 Å². The molecule has 0 aromatic heterocycles. The fourth-order valence-corrected chi connectivity index (χ4v) is 0.495. The smallest absolute Gasteiger partial charge is 0.323 e. The van der Waals surface area contributed by atoms with Gasteiger partial charge in [0.05, 0.1) is 0 Å². The number of hydrogen-bond donors (Lipinski definition) is 1. The molecule has 58 valence electrons. The molecule has 11 heavy (non-hydrogen) atoms. The molecule has 0 aliphatic rings. The van der Waals surface area contributed by atoms with Gasteiger partial charge in [0.25, 0.3) is 0 Å².